The molecule has 0 unspecified atom stereocenters. The standard InChI is InChI=1S/C13H19N3O3/c14-12(17)9-16-5-3-10(4-6-16)13(18)15-8-11-2-1-7-19-11/h1-2,7,10H,3-6,8-9H2,(H2,14,17)(H,15,18). The number of hydrogen-bond acceptors (Lipinski definition) is 4. The van der Waals surface area contributed by atoms with E-state index in [4.69, 9.17) is 10.2 Å². The number of likely N-dealkylation sites (tertiary alicyclic amines) is 1. The molecule has 19 heavy (non-hydrogen) atoms. The van der Waals surface area contributed by atoms with Crippen LogP contribution in [0.4, 0.5) is 0 Å². The molecule has 0 saturated carbocycles. The van der Waals surface area contributed by atoms with E-state index < -0.39 is 0 Å². The molecular formula is C13H19N3O3. The fraction of sp³-hybridized carbons (Fsp3) is 0.538. The van der Waals surface area contributed by atoms with Crippen LogP contribution in [0.25, 0.3) is 0 Å². The number of nitrogens with zero attached hydrogens (tertiary/aromatic N) is 1. The van der Waals surface area contributed by atoms with Gasteiger partial charge in [0, 0.05) is 5.92 Å². The Hall–Kier alpha value is -1.82. The van der Waals surface area contributed by atoms with Crippen LogP contribution >= 0.6 is 0 Å². The number of carbonyl (C=O) groups excluding carboxylic acids is 2. The van der Waals surface area contributed by atoms with Gasteiger partial charge in [0.05, 0.1) is 19.4 Å². The maximum atomic E-state index is 12.0. The van der Waals surface area contributed by atoms with E-state index in [9.17, 15) is 9.59 Å². The van der Waals surface area contributed by atoms with Crippen LogP contribution in [0.2, 0.25) is 0 Å². The van der Waals surface area contributed by atoms with Crippen LogP contribution in [-0.4, -0.2) is 36.3 Å². The first kappa shape index (κ1) is 13.6. The molecule has 0 bridgehead atoms. The summed E-state index contributed by atoms with van der Waals surface area (Å²) in [6, 6.07) is 3.62. The van der Waals surface area contributed by atoms with Crippen molar-refractivity contribution in [1.82, 2.24) is 10.2 Å². The molecule has 0 aromatic carbocycles. The molecule has 1 saturated heterocycles. The first-order valence-corrected chi connectivity index (χ1v) is 6.46. The first-order valence-electron chi connectivity index (χ1n) is 6.46. The second-order valence-corrected chi connectivity index (χ2v) is 4.81. The lowest BCUT2D eigenvalue weighted by atomic mass is 9.96. The molecule has 0 spiro atoms. The third kappa shape index (κ3) is 4.10. The predicted molar refractivity (Wildman–Crippen MR) is 68.9 cm³/mol. The molecule has 2 heterocycles. The summed E-state index contributed by atoms with van der Waals surface area (Å²) in [5.74, 6) is 0.495. The van der Waals surface area contributed by atoms with Crippen molar-refractivity contribution in [2.24, 2.45) is 11.7 Å². The molecule has 1 aromatic heterocycles. The van der Waals surface area contributed by atoms with Crippen LogP contribution < -0.4 is 11.1 Å². The molecule has 0 radical (unpaired) electrons. The molecule has 0 atom stereocenters. The van der Waals surface area contributed by atoms with Gasteiger partial charge < -0.3 is 15.5 Å². The first-order chi connectivity index (χ1) is 9.15. The molecule has 1 aromatic rings. The van der Waals surface area contributed by atoms with Crippen LogP contribution in [0.5, 0.6) is 0 Å². The van der Waals surface area contributed by atoms with E-state index in [0.717, 1.165) is 31.7 Å². The predicted octanol–water partition coefficient (Wildman–Crippen LogP) is 0.0931. The number of piperidine rings is 1. The van der Waals surface area contributed by atoms with Crippen molar-refractivity contribution in [3.8, 4) is 0 Å². The van der Waals surface area contributed by atoms with Gasteiger partial charge in [-0.05, 0) is 38.1 Å². The van der Waals surface area contributed by atoms with Crippen molar-refractivity contribution in [3.63, 3.8) is 0 Å². The van der Waals surface area contributed by atoms with Gasteiger partial charge in [0.1, 0.15) is 5.76 Å². The molecule has 2 amide bonds. The fourth-order valence-corrected chi connectivity index (χ4v) is 2.31. The van der Waals surface area contributed by atoms with Crippen LogP contribution in [0, 0.1) is 5.92 Å². The molecule has 3 N–H and O–H groups in total. The van der Waals surface area contributed by atoms with Crippen molar-refractivity contribution >= 4 is 11.8 Å². The van der Waals surface area contributed by atoms with Crippen LogP contribution in [-0.2, 0) is 16.1 Å². The number of primary amides is 1. The maximum absolute atomic E-state index is 12.0. The average Bonchev–Trinajstić information content (AvgIpc) is 2.89. The van der Waals surface area contributed by atoms with Gasteiger partial charge in [-0.2, -0.15) is 0 Å². The summed E-state index contributed by atoms with van der Waals surface area (Å²) in [6.45, 7) is 2.18. The Morgan fingerprint density at radius 2 is 2.16 bits per heavy atom. The highest BCUT2D eigenvalue weighted by Gasteiger charge is 2.25. The Labute approximate surface area is 111 Å². The van der Waals surface area contributed by atoms with Crippen molar-refractivity contribution in [2.75, 3.05) is 19.6 Å². The molecule has 2 rings (SSSR count). The highest BCUT2D eigenvalue weighted by Crippen LogP contribution is 2.17. The minimum Gasteiger partial charge on any atom is -0.467 e. The van der Waals surface area contributed by atoms with Crippen molar-refractivity contribution < 1.29 is 14.0 Å². The number of nitrogens with one attached hydrogen (secondary N) is 1. The smallest absolute Gasteiger partial charge is 0.231 e. The second kappa shape index (κ2) is 6.38. The van der Waals surface area contributed by atoms with E-state index in [1.807, 2.05) is 11.0 Å². The summed E-state index contributed by atoms with van der Waals surface area (Å²) in [4.78, 5) is 24.8. The van der Waals surface area contributed by atoms with Gasteiger partial charge in [0.15, 0.2) is 0 Å². The molecule has 1 fully saturated rings. The van der Waals surface area contributed by atoms with Gasteiger partial charge >= 0.3 is 0 Å². The lowest BCUT2D eigenvalue weighted by molar-refractivity contribution is -0.126. The summed E-state index contributed by atoms with van der Waals surface area (Å²) < 4.78 is 5.16. The van der Waals surface area contributed by atoms with E-state index in [1.54, 1.807) is 12.3 Å². The lowest BCUT2D eigenvalue weighted by Crippen LogP contribution is -2.43. The third-order valence-corrected chi connectivity index (χ3v) is 3.35. The molecule has 6 heteroatoms. The zero-order valence-electron chi connectivity index (χ0n) is 10.8. The lowest BCUT2D eigenvalue weighted by Gasteiger charge is -2.30. The third-order valence-electron chi connectivity index (χ3n) is 3.35. The van der Waals surface area contributed by atoms with Gasteiger partial charge in [-0.15, -0.1) is 0 Å². The molecule has 1 aliphatic rings. The highest BCUT2D eigenvalue weighted by atomic mass is 16.3. The Kier molecular flexibility index (Phi) is 4.57. The number of carbonyl (C=O) groups is 2. The van der Waals surface area contributed by atoms with E-state index in [0.29, 0.717) is 6.54 Å². The van der Waals surface area contributed by atoms with Crippen molar-refractivity contribution in [1.29, 1.82) is 0 Å². The second-order valence-electron chi connectivity index (χ2n) is 4.81. The summed E-state index contributed by atoms with van der Waals surface area (Å²) >= 11 is 0. The zero-order chi connectivity index (χ0) is 13.7. The molecule has 6 nitrogen and oxygen atoms in total. The highest BCUT2D eigenvalue weighted by molar-refractivity contribution is 5.79. The number of furan rings is 1. The molecule has 0 aliphatic carbocycles. The zero-order valence-corrected chi connectivity index (χ0v) is 10.8. The van der Waals surface area contributed by atoms with Crippen LogP contribution in [0.1, 0.15) is 18.6 Å². The Bertz CT molecular complexity index is 422. The normalized spacial score (nSPS) is 17.3. The summed E-state index contributed by atoms with van der Waals surface area (Å²) in [5, 5.41) is 2.87. The Balaban J connectivity index is 1.71. The largest absolute Gasteiger partial charge is 0.467 e. The summed E-state index contributed by atoms with van der Waals surface area (Å²) in [6.07, 6.45) is 3.11. The van der Waals surface area contributed by atoms with Gasteiger partial charge in [0.2, 0.25) is 11.8 Å². The van der Waals surface area contributed by atoms with Gasteiger partial charge in [-0.25, -0.2) is 0 Å². The molecule has 1 aliphatic heterocycles. The number of nitrogens with two attached hydrogens (primary N) is 1. The number of amides is 2. The number of rotatable bonds is 5. The van der Waals surface area contributed by atoms with Gasteiger partial charge in [0.25, 0.3) is 0 Å². The van der Waals surface area contributed by atoms with E-state index >= 15 is 0 Å². The molecular weight excluding hydrogens is 246 g/mol. The van der Waals surface area contributed by atoms with Gasteiger partial charge in [-0.3, -0.25) is 14.5 Å². The van der Waals surface area contributed by atoms with Crippen molar-refractivity contribution in [2.45, 2.75) is 19.4 Å². The van der Waals surface area contributed by atoms with Gasteiger partial charge in [-0.1, -0.05) is 0 Å². The fourth-order valence-electron chi connectivity index (χ4n) is 2.31. The van der Waals surface area contributed by atoms with Crippen LogP contribution in [0.15, 0.2) is 22.8 Å². The average molecular weight is 265 g/mol. The quantitative estimate of drug-likeness (QED) is 0.790. The summed E-state index contributed by atoms with van der Waals surface area (Å²) in [5.41, 5.74) is 5.15. The Morgan fingerprint density at radius 1 is 1.42 bits per heavy atom. The SMILES string of the molecule is NC(=O)CN1CCC(C(=O)NCc2ccco2)CC1. The topological polar surface area (TPSA) is 88.6 Å². The van der Waals surface area contributed by atoms with E-state index in [-0.39, 0.29) is 24.3 Å². The Morgan fingerprint density at radius 3 is 2.74 bits per heavy atom. The van der Waals surface area contributed by atoms with E-state index in [1.165, 1.54) is 0 Å². The monoisotopic (exact) mass is 265 g/mol. The summed E-state index contributed by atoms with van der Waals surface area (Å²) in [7, 11) is 0. The maximum Gasteiger partial charge on any atom is 0.231 e. The van der Waals surface area contributed by atoms with Crippen molar-refractivity contribution in [3.05, 3.63) is 24.2 Å². The van der Waals surface area contributed by atoms with Crippen LogP contribution in [0.3, 0.4) is 0 Å². The minimum atomic E-state index is -0.319. The number of hydrogen-bond donors (Lipinski definition) is 2. The molecule has 104 valence electrons. The minimum absolute atomic E-state index is 0.0130. The van der Waals surface area contributed by atoms with E-state index in [2.05, 4.69) is 5.32 Å².